The lowest BCUT2D eigenvalue weighted by atomic mass is 9.83. The second kappa shape index (κ2) is 9.93. The zero-order chi connectivity index (χ0) is 29.0. The van der Waals surface area contributed by atoms with Crippen molar-refractivity contribution in [3.8, 4) is 33.4 Å². The van der Waals surface area contributed by atoms with Crippen molar-refractivity contribution in [2.45, 2.75) is 0 Å². The number of fused-ring (bicyclic) bond motifs is 5. The van der Waals surface area contributed by atoms with E-state index in [4.69, 9.17) is 0 Å². The van der Waals surface area contributed by atoms with Gasteiger partial charge in [0.25, 0.3) is 0 Å². The van der Waals surface area contributed by atoms with Crippen LogP contribution in [-0.2, 0) is 0 Å². The minimum Gasteiger partial charge on any atom is -0.0616 e. The maximum atomic E-state index is 2.42. The molecule has 0 bridgehead atoms. The van der Waals surface area contributed by atoms with Gasteiger partial charge >= 0.3 is 0 Å². The van der Waals surface area contributed by atoms with Crippen LogP contribution in [0.1, 0.15) is 0 Å². The Morgan fingerprint density at radius 2 is 0.705 bits per heavy atom. The average Bonchev–Trinajstić information content (AvgIpc) is 3.09. The van der Waals surface area contributed by atoms with Crippen LogP contribution < -0.4 is 0 Å². The van der Waals surface area contributed by atoms with Crippen LogP contribution in [0.15, 0.2) is 170 Å². The third-order valence-electron chi connectivity index (χ3n) is 9.20. The largest absolute Gasteiger partial charge is 0.0616 e. The fourth-order valence-corrected chi connectivity index (χ4v) is 7.12. The van der Waals surface area contributed by atoms with E-state index >= 15 is 0 Å². The van der Waals surface area contributed by atoms with Gasteiger partial charge in [-0.05, 0) is 105 Å². The summed E-state index contributed by atoms with van der Waals surface area (Å²) in [5.41, 5.74) is 7.55. The molecule has 0 fully saturated rings. The van der Waals surface area contributed by atoms with Crippen molar-refractivity contribution in [1.82, 2.24) is 0 Å². The third-order valence-corrected chi connectivity index (χ3v) is 9.20. The summed E-state index contributed by atoms with van der Waals surface area (Å²) < 4.78 is 0. The van der Waals surface area contributed by atoms with E-state index in [1.807, 2.05) is 0 Å². The topological polar surface area (TPSA) is 0 Å². The Morgan fingerprint density at radius 1 is 0.227 bits per heavy atom. The summed E-state index contributed by atoms with van der Waals surface area (Å²) in [5.74, 6) is 0. The Kier molecular flexibility index (Phi) is 5.61. The minimum atomic E-state index is 1.23. The van der Waals surface area contributed by atoms with Crippen LogP contribution in [-0.4, -0.2) is 0 Å². The van der Waals surface area contributed by atoms with Gasteiger partial charge in [-0.3, -0.25) is 0 Å². The summed E-state index contributed by atoms with van der Waals surface area (Å²) in [7, 11) is 0. The van der Waals surface area contributed by atoms with Crippen LogP contribution in [0.3, 0.4) is 0 Å². The summed E-state index contributed by atoms with van der Waals surface area (Å²) in [6, 6.07) is 62.5. The summed E-state index contributed by atoms with van der Waals surface area (Å²) in [6.45, 7) is 0. The van der Waals surface area contributed by atoms with Crippen LogP contribution in [0, 0.1) is 0 Å². The van der Waals surface area contributed by atoms with Crippen molar-refractivity contribution in [3.05, 3.63) is 170 Å². The lowest BCUT2D eigenvalue weighted by molar-refractivity contribution is 1.66. The highest BCUT2D eigenvalue weighted by Crippen LogP contribution is 2.46. The molecule has 0 radical (unpaired) electrons. The second-order valence-electron chi connectivity index (χ2n) is 11.7. The molecule has 0 atom stereocenters. The van der Waals surface area contributed by atoms with Gasteiger partial charge in [0.05, 0.1) is 0 Å². The molecule has 0 aliphatic carbocycles. The number of hydrogen-bond donors (Lipinski definition) is 0. The maximum absolute atomic E-state index is 2.42. The van der Waals surface area contributed by atoms with E-state index in [9.17, 15) is 0 Å². The lowest BCUT2D eigenvalue weighted by Gasteiger charge is -2.20. The lowest BCUT2D eigenvalue weighted by Crippen LogP contribution is -1.92. The van der Waals surface area contributed by atoms with E-state index in [0.717, 1.165) is 0 Å². The summed E-state index contributed by atoms with van der Waals surface area (Å²) in [5, 5.41) is 12.7. The Bertz CT molecular complexity index is 2550. The van der Waals surface area contributed by atoms with Gasteiger partial charge < -0.3 is 0 Å². The van der Waals surface area contributed by atoms with E-state index in [-0.39, 0.29) is 0 Å². The predicted octanol–water partition coefficient (Wildman–Crippen LogP) is 12.5. The van der Waals surface area contributed by atoms with E-state index in [1.54, 1.807) is 0 Å². The molecule has 44 heavy (non-hydrogen) atoms. The summed E-state index contributed by atoms with van der Waals surface area (Å²) >= 11 is 0. The summed E-state index contributed by atoms with van der Waals surface area (Å²) in [4.78, 5) is 0. The van der Waals surface area contributed by atoms with Crippen LogP contribution in [0.4, 0.5) is 0 Å². The van der Waals surface area contributed by atoms with Gasteiger partial charge in [-0.2, -0.15) is 0 Å². The molecule has 204 valence electrons. The van der Waals surface area contributed by atoms with E-state index in [2.05, 4.69) is 170 Å². The molecule has 0 aliphatic rings. The van der Waals surface area contributed by atoms with Crippen LogP contribution in [0.5, 0.6) is 0 Å². The highest BCUT2D eigenvalue weighted by molar-refractivity contribution is 6.24. The van der Waals surface area contributed by atoms with Gasteiger partial charge in [0, 0.05) is 0 Å². The van der Waals surface area contributed by atoms with E-state index in [0.29, 0.717) is 0 Å². The highest BCUT2D eigenvalue weighted by atomic mass is 14.2. The molecule has 9 aromatic rings. The monoisotopic (exact) mass is 556 g/mol. The van der Waals surface area contributed by atoms with Gasteiger partial charge in [0.15, 0.2) is 0 Å². The fourth-order valence-electron chi connectivity index (χ4n) is 7.12. The van der Waals surface area contributed by atoms with Gasteiger partial charge in [-0.1, -0.05) is 152 Å². The first-order valence-electron chi connectivity index (χ1n) is 15.3. The van der Waals surface area contributed by atoms with Crippen molar-refractivity contribution in [2.24, 2.45) is 0 Å². The van der Waals surface area contributed by atoms with E-state index in [1.165, 1.54) is 87.2 Å². The molecule has 0 heterocycles. The first-order valence-corrected chi connectivity index (χ1v) is 15.3. The van der Waals surface area contributed by atoms with Gasteiger partial charge in [0.2, 0.25) is 0 Å². The molecule has 0 aromatic heterocycles. The van der Waals surface area contributed by atoms with Gasteiger partial charge in [-0.25, -0.2) is 0 Å². The first-order chi connectivity index (χ1) is 21.8. The van der Waals surface area contributed by atoms with Crippen molar-refractivity contribution in [3.63, 3.8) is 0 Å². The Labute approximate surface area is 256 Å². The van der Waals surface area contributed by atoms with Crippen molar-refractivity contribution in [2.75, 3.05) is 0 Å². The smallest absolute Gasteiger partial charge is 0.00201 e. The second-order valence-corrected chi connectivity index (χ2v) is 11.7. The normalized spacial score (nSPS) is 11.6. The molecule has 0 unspecified atom stereocenters. The number of hydrogen-bond acceptors (Lipinski definition) is 0. The number of rotatable bonds is 3. The summed E-state index contributed by atoms with van der Waals surface area (Å²) in [6.07, 6.45) is 0. The number of benzene rings is 9. The predicted molar refractivity (Wildman–Crippen MR) is 190 cm³/mol. The fraction of sp³-hybridized carbons (Fsp3) is 0. The molecule has 9 rings (SSSR count). The zero-order valence-corrected chi connectivity index (χ0v) is 24.2. The first kappa shape index (κ1) is 24.8. The van der Waals surface area contributed by atoms with Crippen LogP contribution >= 0.6 is 0 Å². The molecule has 0 amide bonds. The molecule has 0 saturated carbocycles. The van der Waals surface area contributed by atoms with Crippen LogP contribution in [0.2, 0.25) is 0 Å². The van der Waals surface area contributed by atoms with Crippen molar-refractivity contribution >= 4 is 53.9 Å². The molecular formula is C44H28. The zero-order valence-electron chi connectivity index (χ0n) is 24.2. The highest BCUT2D eigenvalue weighted by Gasteiger charge is 2.19. The SMILES string of the molecule is c1ccc2cc(-c3ccc4c(-c5cccc6ccccc56)c5ccccc5c(-c5ccc6ccccc6c5)c4c3)ccc2c1. The Balaban J connectivity index is 1.42. The molecule has 0 spiro atoms. The third kappa shape index (κ3) is 3.92. The van der Waals surface area contributed by atoms with Gasteiger partial charge in [-0.15, -0.1) is 0 Å². The van der Waals surface area contributed by atoms with Crippen molar-refractivity contribution < 1.29 is 0 Å². The maximum Gasteiger partial charge on any atom is -0.00201 e. The standard InChI is InChI=1S/C44H28/c1-3-13-32-26-34(22-20-29(32)10-1)35-24-25-41-42(28-35)43(36-23-21-30-11-2-4-14-33(30)27-36)39-17-7-8-18-40(39)44(41)38-19-9-15-31-12-5-6-16-37(31)38/h1-28H. The quantitative estimate of drug-likeness (QED) is 0.190. The molecule has 0 saturated heterocycles. The van der Waals surface area contributed by atoms with Gasteiger partial charge in [0.1, 0.15) is 0 Å². The Hall–Kier alpha value is -5.72. The minimum absolute atomic E-state index is 1.23. The molecule has 9 aromatic carbocycles. The Morgan fingerprint density at radius 3 is 1.43 bits per heavy atom. The molecular weight excluding hydrogens is 528 g/mol. The molecule has 0 heteroatoms. The van der Waals surface area contributed by atoms with Crippen molar-refractivity contribution in [1.29, 1.82) is 0 Å². The average molecular weight is 557 g/mol. The van der Waals surface area contributed by atoms with Crippen LogP contribution in [0.25, 0.3) is 87.2 Å². The molecule has 0 N–H and O–H groups in total. The molecule has 0 nitrogen and oxygen atoms in total. The van der Waals surface area contributed by atoms with E-state index < -0.39 is 0 Å². The molecule has 0 aliphatic heterocycles.